The van der Waals surface area contributed by atoms with Crippen LogP contribution < -0.4 is 4.74 Å². The molecule has 0 saturated carbocycles. The van der Waals surface area contributed by atoms with Crippen LogP contribution in [0.3, 0.4) is 0 Å². The van der Waals surface area contributed by atoms with Gasteiger partial charge in [-0.15, -0.1) is 0 Å². The van der Waals surface area contributed by atoms with Crippen LogP contribution in [-0.4, -0.2) is 49.3 Å². The average molecular weight is 312 g/mol. The summed E-state index contributed by atoms with van der Waals surface area (Å²) >= 11 is 0. The lowest BCUT2D eigenvalue weighted by molar-refractivity contribution is -0.139. The number of benzene rings is 2. The van der Waals surface area contributed by atoms with Crippen molar-refractivity contribution in [2.75, 3.05) is 26.9 Å². The van der Waals surface area contributed by atoms with Crippen molar-refractivity contribution >= 4 is 28.2 Å². The van der Waals surface area contributed by atoms with Gasteiger partial charge in [0.2, 0.25) is 0 Å². The highest BCUT2D eigenvalue weighted by Gasteiger charge is 2.33. The summed E-state index contributed by atoms with van der Waals surface area (Å²) in [6.07, 6.45) is 0. The lowest BCUT2D eigenvalue weighted by atomic mass is 10.1. The summed E-state index contributed by atoms with van der Waals surface area (Å²) < 4.78 is 10.6. The second kappa shape index (κ2) is 6.58. The molecule has 0 radical (unpaired) electrons. The van der Waals surface area contributed by atoms with Gasteiger partial charge >= 0.3 is 5.91 Å². The van der Waals surface area contributed by atoms with Crippen molar-refractivity contribution in [2.24, 2.45) is 5.10 Å². The number of methoxy groups -OCH3 is 1. The largest absolute Gasteiger partial charge is 0.491 e. The van der Waals surface area contributed by atoms with E-state index in [1.54, 1.807) is 0 Å². The first-order valence-corrected chi connectivity index (χ1v) is 7.24. The van der Waals surface area contributed by atoms with E-state index >= 15 is 0 Å². The predicted octanol–water partition coefficient (Wildman–Crippen LogP) is 1.63. The number of hydrazone groups is 1. The molecule has 1 amide bonds. The van der Waals surface area contributed by atoms with Crippen LogP contribution in [0, 0.1) is 0 Å². The summed E-state index contributed by atoms with van der Waals surface area (Å²) in [5.74, 6) is -0.516. The monoisotopic (exact) mass is 312 g/mol. The Morgan fingerprint density at radius 2 is 1.87 bits per heavy atom. The van der Waals surface area contributed by atoms with Gasteiger partial charge in [0, 0.05) is 12.5 Å². The number of nitrogens with zero attached hydrogens (tertiary/aromatic N) is 2. The fourth-order valence-electron chi connectivity index (χ4n) is 2.42. The summed E-state index contributed by atoms with van der Waals surface area (Å²) in [7, 11) is 1.45. The van der Waals surface area contributed by atoms with Gasteiger partial charge in [-0.25, -0.2) is 5.01 Å². The second-order valence-electron chi connectivity index (χ2n) is 5.06. The van der Waals surface area contributed by atoms with E-state index in [0.29, 0.717) is 0 Å². The highest BCUT2D eigenvalue weighted by Crippen LogP contribution is 2.25. The van der Waals surface area contributed by atoms with E-state index in [9.17, 15) is 9.59 Å². The van der Waals surface area contributed by atoms with Crippen molar-refractivity contribution in [1.82, 2.24) is 5.01 Å². The van der Waals surface area contributed by atoms with Crippen molar-refractivity contribution in [3.8, 4) is 5.75 Å². The minimum Gasteiger partial charge on any atom is -0.491 e. The van der Waals surface area contributed by atoms with Crippen LogP contribution in [0.2, 0.25) is 0 Å². The Balaban J connectivity index is 1.65. The van der Waals surface area contributed by atoms with E-state index in [0.717, 1.165) is 21.5 Å². The summed E-state index contributed by atoms with van der Waals surface area (Å²) in [5.41, 5.74) is 0.127. The molecular formula is C17H16N2O4. The summed E-state index contributed by atoms with van der Waals surface area (Å²) in [6.45, 7) is 0.489. The normalized spacial score (nSPS) is 14.5. The number of hydrogen-bond donors (Lipinski definition) is 0. The predicted molar refractivity (Wildman–Crippen MR) is 85.5 cm³/mol. The Morgan fingerprint density at radius 3 is 2.70 bits per heavy atom. The molecule has 0 spiro atoms. The van der Waals surface area contributed by atoms with Crippen LogP contribution in [0.15, 0.2) is 47.6 Å². The smallest absolute Gasteiger partial charge is 0.316 e. The van der Waals surface area contributed by atoms with Gasteiger partial charge < -0.3 is 9.47 Å². The molecule has 0 bridgehead atoms. The van der Waals surface area contributed by atoms with Crippen LogP contribution in [0.1, 0.15) is 0 Å². The van der Waals surface area contributed by atoms with Gasteiger partial charge in [0.25, 0.3) is 5.78 Å². The van der Waals surface area contributed by atoms with Gasteiger partial charge in [0.05, 0.1) is 13.2 Å². The van der Waals surface area contributed by atoms with Crippen LogP contribution in [0.4, 0.5) is 0 Å². The highest BCUT2D eigenvalue weighted by atomic mass is 16.5. The molecule has 0 atom stereocenters. The zero-order chi connectivity index (χ0) is 16.2. The Kier molecular flexibility index (Phi) is 4.34. The summed E-state index contributed by atoms with van der Waals surface area (Å²) in [6, 6.07) is 13.7. The first-order valence-electron chi connectivity index (χ1n) is 7.24. The zero-order valence-corrected chi connectivity index (χ0v) is 12.7. The molecule has 6 nitrogen and oxygen atoms in total. The minimum absolute atomic E-state index is 0.0330. The van der Waals surface area contributed by atoms with Crippen LogP contribution in [0.25, 0.3) is 10.8 Å². The molecule has 23 heavy (non-hydrogen) atoms. The number of ketones is 1. The van der Waals surface area contributed by atoms with Gasteiger partial charge in [-0.05, 0) is 11.5 Å². The SMILES string of the molecule is COCC1=NN(CCOc2cccc3ccccc23)C(=O)C1=O. The number of carbonyl (C=O) groups excluding carboxylic acids is 2. The molecule has 0 aliphatic carbocycles. The van der Waals surface area contributed by atoms with Crippen LogP contribution in [0.5, 0.6) is 5.75 Å². The molecule has 1 aliphatic rings. The third-order valence-electron chi connectivity index (χ3n) is 3.52. The van der Waals surface area contributed by atoms with Crippen molar-refractivity contribution in [3.63, 3.8) is 0 Å². The van der Waals surface area contributed by atoms with E-state index in [4.69, 9.17) is 9.47 Å². The Bertz CT molecular complexity index is 780. The number of Topliss-reactive ketones (excluding diaryl/α,β-unsaturated/α-hetero) is 1. The standard InChI is InChI=1S/C17H16N2O4/c1-22-11-14-16(20)17(21)19(18-14)9-10-23-15-8-4-6-12-5-2-3-7-13(12)15/h2-8H,9-11H2,1H3. The maximum Gasteiger partial charge on any atom is 0.316 e. The quantitative estimate of drug-likeness (QED) is 0.760. The molecule has 2 aromatic rings. The van der Waals surface area contributed by atoms with Gasteiger partial charge in [-0.3, -0.25) is 9.59 Å². The molecule has 1 heterocycles. The fraction of sp³-hybridized carbons (Fsp3) is 0.235. The van der Waals surface area contributed by atoms with Crippen molar-refractivity contribution in [3.05, 3.63) is 42.5 Å². The first-order chi connectivity index (χ1) is 11.2. The van der Waals surface area contributed by atoms with Gasteiger partial charge in [-0.2, -0.15) is 5.10 Å². The molecule has 0 saturated heterocycles. The van der Waals surface area contributed by atoms with E-state index in [1.165, 1.54) is 7.11 Å². The summed E-state index contributed by atoms with van der Waals surface area (Å²) in [5, 5.41) is 7.19. The Labute approximate surface area is 133 Å². The maximum absolute atomic E-state index is 11.8. The number of fused-ring (bicyclic) bond motifs is 1. The van der Waals surface area contributed by atoms with Crippen molar-refractivity contribution < 1.29 is 19.1 Å². The molecule has 118 valence electrons. The third kappa shape index (κ3) is 3.07. The molecule has 0 fully saturated rings. The lowest BCUT2D eigenvalue weighted by Gasteiger charge is -2.13. The molecule has 0 unspecified atom stereocenters. The van der Waals surface area contributed by atoms with E-state index in [-0.39, 0.29) is 25.5 Å². The number of amides is 1. The van der Waals surface area contributed by atoms with Crippen LogP contribution >= 0.6 is 0 Å². The molecule has 3 rings (SSSR count). The van der Waals surface area contributed by atoms with Crippen LogP contribution in [-0.2, 0) is 14.3 Å². The van der Waals surface area contributed by atoms with Gasteiger partial charge in [-0.1, -0.05) is 36.4 Å². The van der Waals surface area contributed by atoms with Gasteiger partial charge in [0.15, 0.2) is 0 Å². The average Bonchev–Trinajstić information content (AvgIpc) is 2.84. The Morgan fingerprint density at radius 1 is 1.09 bits per heavy atom. The Hall–Kier alpha value is -2.73. The lowest BCUT2D eigenvalue weighted by Crippen LogP contribution is -2.31. The van der Waals surface area contributed by atoms with Crippen molar-refractivity contribution in [1.29, 1.82) is 0 Å². The minimum atomic E-state index is -0.640. The van der Waals surface area contributed by atoms with E-state index in [2.05, 4.69) is 5.10 Å². The van der Waals surface area contributed by atoms with Gasteiger partial charge in [0.1, 0.15) is 18.1 Å². The molecule has 2 aromatic carbocycles. The summed E-state index contributed by atoms with van der Waals surface area (Å²) in [4.78, 5) is 23.5. The third-order valence-corrected chi connectivity index (χ3v) is 3.52. The number of ether oxygens (including phenoxy) is 2. The molecule has 0 aromatic heterocycles. The molecule has 6 heteroatoms. The molecule has 0 N–H and O–H groups in total. The number of carbonyl (C=O) groups is 2. The topological polar surface area (TPSA) is 68.2 Å². The highest BCUT2D eigenvalue weighted by molar-refractivity contribution is 6.66. The number of rotatable bonds is 6. The second-order valence-corrected chi connectivity index (χ2v) is 5.06. The first kappa shape index (κ1) is 15.2. The zero-order valence-electron chi connectivity index (χ0n) is 12.7. The van der Waals surface area contributed by atoms with E-state index < -0.39 is 11.7 Å². The van der Waals surface area contributed by atoms with E-state index in [1.807, 2.05) is 42.5 Å². The molecule has 1 aliphatic heterocycles. The maximum atomic E-state index is 11.8. The fourth-order valence-corrected chi connectivity index (χ4v) is 2.42. The molecular weight excluding hydrogens is 296 g/mol. The number of hydrogen-bond acceptors (Lipinski definition) is 5. The van der Waals surface area contributed by atoms with Crippen molar-refractivity contribution in [2.45, 2.75) is 0 Å².